The van der Waals surface area contributed by atoms with Gasteiger partial charge in [0.05, 0.1) is 0 Å². The van der Waals surface area contributed by atoms with Gasteiger partial charge in [0.25, 0.3) is 0 Å². The number of rotatable bonds is 4. The van der Waals surface area contributed by atoms with E-state index in [4.69, 9.17) is 11.6 Å². The van der Waals surface area contributed by atoms with Crippen molar-refractivity contribution < 1.29 is 8.78 Å². The lowest BCUT2D eigenvalue weighted by Crippen LogP contribution is -2.26. The van der Waals surface area contributed by atoms with Gasteiger partial charge >= 0.3 is 0 Å². The molecule has 0 aliphatic carbocycles. The van der Waals surface area contributed by atoms with Crippen molar-refractivity contribution in [2.24, 2.45) is 5.41 Å². The quantitative estimate of drug-likeness (QED) is 0.684. The molecule has 0 radical (unpaired) electrons. The van der Waals surface area contributed by atoms with Gasteiger partial charge in [-0.05, 0) is 29.9 Å². The molecule has 0 N–H and O–H groups in total. The second-order valence-corrected chi connectivity index (χ2v) is 5.28. The van der Waals surface area contributed by atoms with Gasteiger partial charge in [0.15, 0.2) is 0 Å². The molecule has 0 saturated heterocycles. The SMILES string of the molecule is CCC(C)(C)C(Cl)Cc1ccc(F)cc1F. The summed E-state index contributed by atoms with van der Waals surface area (Å²) in [4.78, 5) is 0. The minimum atomic E-state index is -0.554. The Balaban J connectivity index is 2.81. The molecule has 0 spiro atoms. The summed E-state index contributed by atoms with van der Waals surface area (Å²) in [7, 11) is 0. The summed E-state index contributed by atoms with van der Waals surface area (Å²) in [5, 5.41) is -0.155. The van der Waals surface area contributed by atoms with Crippen LogP contribution in [0.25, 0.3) is 0 Å². The van der Waals surface area contributed by atoms with Gasteiger partial charge in [-0.2, -0.15) is 0 Å². The molecule has 0 aliphatic rings. The summed E-state index contributed by atoms with van der Waals surface area (Å²) in [6, 6.07) is 3.63. The molecule has 0 bridgehead atoms. The molecule has 0 aliphatic heterocycles. The Bertz CT molecular complexity index is 361. The zero-order valence-corrected chi connectivity index (χ0v) is 10.6. The monoisotopic (exact) mass is 246 g/mol. The number of alkyl halides is 1. The van der Waals surface area contributed by atoms with Crippen molar-refractivity contribution in [2.45, 2.75) is 39.0 Å². The zero-order valence-electron chi connectivity index (χ0n) is 9.86. The second-order valence-electron chi connectivity index (χ2n) is 4.75. The Labute approximate surface area is 101 Å². The molecule has 1 unspecified atom stereocenters. The molecule has 1 atom stereocenters. The van der Waals surface area contributed by atoms with E-state index in [9.17, 15) is 8.78 Å². The van der Waals surface area contributed by atoms with Gasteiger partial charge in [-0.3, -0.25) is 0 Å². The van der Waals surface area contributed by atoms with Crippen molar-refractivity contribution >= 4 is 11.6 Å². The molecule has 90 valence electrons. The van der Waals surface area contributed by atoms with Gasteiger partial charge in [-0.1, -0.05) is 26.8 Å². The smallest absolute Gasteiger partial charge is 0.129 e. The summed E-state index contributed by atoms with van der Waals surface area (Å²) < 4.78 is 26.1. The maximum absolute atomic E-state index is 13.4. The summed E-state index contributed by atoms with van der Waals surface area (Å²) >= 11 is 6.26. The summed E-state index contributed by atoms with van der Waals surface area (Å²) in [6.45, 7) is 6.15. The highest BCUT2D eigenvalue weighted by molar-refractivity contribution is 6.21. The molecule has 1 rings (SSSR count). The van der Waals surface area contributed by atoms with E-state index in [0.29, 0.717) is 12.0 Å². The van der Waals surface area contributed by atoms with Gasteiger partial charge in [0.2, 0.25) is 0 Å². The number of hydrogen-bond donors (Lipinski definition) is 0. The van der Waals surface area contributed by atoms with Crippen LogP contribution in [0.5, 0.6) is 0 Å². The van der Waals surface area contributed by atoms with Gasteiger partial charge in [0, 0.05) is 11.4 Å². The first kappa shape index (κ1) is 13.4. The van der Waals surface area contributed by atoms with Crippen LogP contribution in [0.2, 0.25) is 0 Å². The van der Waals surface area contributed by atoms with Gasteiger partial charge < -0.3 is 0 Å². The van der Waals surface area contributed by atoms with E-state index in [1.807, 2.05) is 13.8 Å². The van der Waals surface area contributed by atoms with Crippen molar-refractivity contribution in [1.29, 1.82) is 0 Å². The first-order chi connectivity index (χ1) is 7.36. The molecule has 16 heavy (non-hydrogen) atoms. The van der Waals surface area contributed by atoms with E-state index < -0.39 is 11.6 Å². The lowest BCUT2D eigenvalue weighted by Gasteiger charge is -2.28. The van der Waals surface area contributed by atoms with Crippen molar-refractivity contribution in [3.8, 4) is 0 Å². The van der Waals surface area contributed by atoms with Crippen LogP contribution in [0.4, 0.5) is 8.78 Å². The molecule has 3 heteroatoms. The third-order valence-electron chi connectivity index (χ3n) is 3.17. The van der Waals surface area contributed by atoms with Crippen LogP contribution in [0.1, 0.15) is 32.8 Å². The zero-order chi connectivity index (χ0) is 12.3. The fourth-order valence-corrected chi connectivity index (χ4v) is 1.70. The van der Waals surface area contributed by atoms with Crippen molar-refractivity contribution in [1.82, 2.24) is 0 Å². The minimum Gasteiger partial charge on any atom is -0.207 e. The van der Waals surface area contributed by atoms with Crippen LogP contribution < -0.4 is 0 Å². The topological polar surface area (TPSA) is 0 Å². The van der Waals surface area contributed by atoms with Crippen LogP contribution >= 0.6 is 11.6 Å². The predicted octanol–water partition coefficient (Wildman–Crippen LogP) is 4.55. The highest BCUT2D eigenvalue weighted by Gasteiger charge is 2.26. The third-order valence-corrected chi connectivity index (χ3v) is 3.92. The highest BCUT2D eigenvalue weighted by Crippen LogP contribution is 2.32. The third kappa shape index (κ3) is 3.18. The largest absolute Gasteiger partial charge is 0.207 e. The Kier molecular flexibility index (Phi) is 4.31. The summed E-state index contributed by atoms with van der Waals surface area (Å²) in [6.07, 6.45) is 1.35. The van der Waals surface area contributed by atoms with E-state index >= 15 is 0 Å². The van der Waals surface area contributed by atoms with Crippen LogP contribution in [0.3, 0.4) is 0 Å². The molecular weight excluding hydrogens is 230 g/mol. The first-order valence-corrected chi connectivity index (χ1v) is 5.88. The average molecular weight is 247 g/mol. The van der Waals surface area contributed by atoms with Crippen LogP contribution in [0, 0.1) is 17.0 Å². The van der Waals surface area contributed by atoms with Gasteiger partial charge in [-0.25, -0.2) is 8.78 Å². The normalized spacial score (nSPS) is 13.9. The maximum atomic E-state index is 13.4. The maximum Gasteiger partial charge on any atom is 0.129 e. The molecule has 1 aromatic carbocycles. The van der Waals surface area contributed by atoms with Crippen LogP contribution in [-0.4, -0.2) is 5.38 Å². The predicted molar refractivity (Wildman–Crippen MR) is 63.8 cm³/mol. The van der Waals surface area contributed by atoms with E-state index in [2.05, 4.69) is 6.92 Å². The summed E-state index contributed by atoms with van der Waals surface area (Å²) in [5.74, 6) is -1.07. The van der Waals surface area contributed by atoms with Crippen molar-refractivity contribution in [3.05, 3.63) is 35.4 Å². The van der Waals surface area contributed by atoms with Gasteiger partial charge in [-0.15, -0.1) is 11.6 Å². The number of halogens is 3. The summed E-state index contributed by atoms with van der Waals surface area (Å²) in [5.41, 5.74) is 0.422. The standard InChI is InChI=1S/C13H17ClF2/c1-4-13(2,3)12(14)7-9-5-6-10(15)8-11(9)16/h5-6,8,12H,4,7H2,1-3H3. The fraction of sp³-hybridized carbons (Fsp3) is 0.538. The van der Waals surface area contributed by atoms with E-state index in [1.165, 1.54) is 12.1 Å². The van der Waals surface area contributed by atoms with E-state index in [1.54, 1.807) is 0 Å². The Morgan fingerprint density at radius 2 is 1.94 bits per heavy atom. The molecule has 0 fully saturated rings. The Morgan fingerprint density at radius 1 is 1.31 bits per heavy atom. The molecule has 0 heterocycles. The Hall–Kier alpha value is -0.630. The number of hydrogen-bond acceptors (Lipinski definition) is 0. The molecule has 0 saturated carbocycles. The van der Waals surface area contributed by atoms with Crippen molar-refractivity contribution in [3.63, 3.8) is 0 Å². The second kappa shape index (κ2) is 5.13. The lowest BCUT2D eigenvalue weighted by atomic mass is 9.83. The lowest BCUT2D eigenvalue weighted by molar-refractivity contribution is 0.328. The minimum absolute atomic E-state index is 0.0532. The molecule has 0 amide bonds. The van der Waals surface area contributed by atoms with Crippen LogP contribution in [-0.2, 0) is 6.42 Å². The van der Waals surface area contributed by atoms with Gasteiger partial charge in [0.1, 0.15) is 11.6 Å². The molecule has 1 aromatic rings. The van der Waals surface area contributed by atoms with E-state index in [-0.39, 0.29) is 10.8 Å². The highest BCUT2D eigenvalue weighted by atomic mass is 35.5. The fourth-order valence-electron chi connectivity index (χ4n) is 1.38. The first-order valence-electron chi connectivity index (χ1n) is 5.45. The molecule has 0 nitrogen and oxygen atoms in total. The molecule has 0 aromatic heterocycles. The van der Waals surface area contributed by atoms with Crippen molar-refractivity contribution in [2.75, 3.05) is 0 Å². The van der Waals surface area contributed by atoms with E-state index in [0.717, 1.165) is 12.5 Å². The average Bonchev–Trinajstić information content (AvgIpc) is 2.22. The number of benzene rings is 1. The Morgan fingerprint density at radius 3 is 2.44 bits per heavy atom. The van der Waals surface area contributed by atoms with Crippen LogP contribution in [0.15, 0.2) is 18.2 Å². The molecular formula is C13H17ClF2.